The fraction of sp³-hybridized carbons (Fsp3) is 0.182. The number of benzene rings is 2. The van der Waals surface area contributed by atoms with E-state index < -0.39 is 21.9 Å². The minimum atomic E-state index is -3.67. The normalized spacial score (nSPS) is 13.4. The number of hydrogen-bond donors (Lipinski definition) is 1. The summed E-state index contributed by atoms with van der Waals surface area (Å²) in [6, 6.07) is 15.0. The molecule has 0 bridgehead atoms. The van der Waals surface area contributed by atoms with Gasteiger partial charge in [0.05, 0.1) is 11.3 Å². The zero-order valence-electron chi connectivity index (χ0n) is 16.7. The van der Waals surface area contributed by atoms with Gasteiger partial charge in [-0.15, -0.1) is 11.3 Å². The minimum absolute atomic E-state index is 0.160. The van der Waals surface area contributed by atoms with Crippen LogP contribution in [0.15, 0.2) is 64.2 Å². The van der Waals surface area contributed by atoms with Gasteiger partial charge in [0, 0.05) is 19.2 Å². The maximum Gasteiger partial charge on any atom is 0.308 e. The fourth-order valence-corrected chi connectivity index (χ4v) is 6.12. The van der Waals surface area contributed by atoms with Crippen LogP contribution in [-0.2, 0) is 21.2 Å². The lowest BCUT2D eigenvalue weighted by Gasteiger charge is -2.30. The predicted octanol–water partition coefficient (Wildman–Crippen LogP) is 4.07. The number of fused-ring (bicyclic) bond motifs is 1. The average molecular weight is 457 g/mol. The molecule has 1 aliphatic rings. The molecular weight excluding hydrogens is 436 g/mol. The Morgan fingerprint density at radius 3 is 2.65 bits per heavy atom. The van der Waals surface area contributed by atoms with E-state index >= 15 is 0 Å². The van der Waals surface area contributed by atoms with Crippen molar-refractivity contribution < 1.29 is 22.7 Å². The van der Waals surface area contributed by atoms with Crippen LogP contribution in [0.4, 0.5) is 11.4 Å². The molecule has 1 aliphatic heterocycles. The molecule has 7 nitrogen and oxygen atoms in total. The third-order valence-corrected chi connectivity index (χ3v) is 8.03. The zero-order chi connectivity index (χ0) is 22.0. The first-order valence-corrected chi connectivity index (χ1v) is 12.0. The Labute approximate surface area is 184 Å². The van der Waals surface area contributed by atoms with Crippen molar-refractivity contribution in [1.82, 2.24) is 0 Å². The summed E-state index contributed by atoms with van der Waals surface area (Å²) >= 11 is 1.18. The van der Waals surface area contributed by atoms with E-state index in [-0.39, 0.29) is 15.5 Å². The van der Waals surface area contributed by atoms with Gasteiger partial charge in [-0.1, -0.05) is 24.3 Å². The molecule has 1 N–H and O–H groups in total. The molecule has 0 atom stereocenters. The van der Waals surface area contributed by atoms with E-state index in [0.717, 1.165) is 18.4 Å². The number of amides is 1. The molecule has 2 heterocycles. The van der Waals surface area contributed by atoms with Gasteiger partial charge in [0.2, 0.25) is 0 Å². The zero-order valence-corrected chi connectivity index (χ0v) is 18.3. The molecule has 0 aliphatic carbocycles. The first-order chi connectivity index (χ1) is 14.9. The smallest absolute Gasteiger partial charge is 0.308 e. The van der Waals surface area contributed by atoms with Crippen LogP contribution in [0.3, 0.4) is 0 Å². The Morgan fingerprint density at radius 1 is 1.10 bits per heavy atom. The molecule has 0 unspecified atom stereocenters. The van der Waals surface area contributed by atoms with Gasteiger partial charge in [0.25, 0.3) is 15.9 Å². The highest BCUT2D eigenvalue weighted by molar-refractivity contribution is 7.94. The van der Waals surface area contributed by atoms with Crippen molar-refractivity contribution in [3.63, 3.8) is 0 Å². The highest BCUT2D eigenvalue weighted by Gasteiger charge is 2.30. The first kappa shape index (κ1) is 21.1. The number of aryl methyl sites for hydroxylation is 1. The second-order valence-electron chi connectivity index (χ2n) is 7.00. The molecule has 4 rings (SSSR count). The lowest BCUT2D eigenvalue weighted by Crippen LogP contribution is -2.35. The quantitative estimate of drug-likeness (QED) is 0.462. The summed E-state index contributed by atoms with van der Waals surface area (Å²) in [4.78, 5) is 24.1. The Balaban J connectivity index is 1.64. The number of ether oxygens (including phenoxy) is 1. The van der Waals surface area contributed by atoms with Gasteiger partial charge in [-0.2, -0.15) is 0 Å². The summed E-state index contributed by atoms with van der Waals surface area (Å²) < 4.78 is 33.0. The third kappa shape index (κ3) is 4.33. The Kier molecular flexibility index (Phi) is 5.79. The van der Waals surface area contributed by atoms with E-state index in [2.05, 4.69) is 5.32 Å². The average Bonchev–Trinajstić information content (AvgIpc) is 3.29. The van der Waals surface area contributed by atoms with E-state index in [1.807, 2.05) is 6.07 Å². The van der Waals surface area contributed by atoms with Crippen molar-refractivity contribution in [1.29, 1.82) is 0 Å². The van der Waals surface area contributed by atoms with E-state index in [9.17, 15) is 18.0 Å². The van der Waals surface area contributed by atoms with Crippen LogP contribution in [0.25, 0.3) is 0 Å². The summed E-state index contributed by atoms with van der Waals surface area (Å²) in [5.41, 5.74) is 2.13. The molecule has 3 aromatic rings. The second-order valence-corrected chi connectivity index (χ2v) is 10.0. The minimum Gasteiger partial charge on any atom is -0.426 e. The number of carbonyl (C=O) groups is 2. The molecule has 9 heteroatoms. The molecule has 160 valence electrons. The van der Waals surface area contributed by atoms with Crippen LogP contribution in [0.5, 0.6) is 5.75 Å². The van der Waals surface area contributed by atoms with Crippen molar-refractivity contribution in [3.05, 3.63) is 71.1 Å². The number of rotatable bonds is 5. The number of carbonyl (C=O) groups excluding carboxylic acids is 2. The van der Waals surface area contributed by atoms with Crippen molar-refractivity contribution in [2.24, 2.45) is 0 Å². The highest BCUT2D eigenvalue weighted by Crippen LogP contribution is 2.35. The van der Waals surface area contributed by atoms with Crippen LogP contribution in [-0.4, -0.2) is 26.8 Å². The second kappa shape index (κ2) is 8.52. The van der Waals surface area contributed by atoms with Gasteiger partial charge in [0.15, 0.2) is 0 Å². The van der Waals surface area contributed by atoms with Crippen LogP contribution in [0, 0.1) is 0 Å². The Morgan fingerprint density at radius 2 is 1.90 bits per heavy atom. The molecule has 1 aromatic heterocycles. The Bertz CT molecular complexity index is 1240. The number of sulfonamides is 1. The summed E-state index contributed by atoms with van der Waals surface area (Å²) in [6.45, 7) is 1.64. The van der Waals surface area contributed by atoms with Gasteiger partial charge in [-0.25, -0.2) is 8.42 Å². The summed E-state index contributed by atoms with van der Waals surface area (Å²) in [7, 11) is -3.67. The number of nitrogens with zero attached hydrogens (tertiary/aromatic N) is 1. The van der Waals surface area contributed by atoms with Crippen LogP contribution >= 0.6 is 11.3 Å². The lowest BCUT2D eigenvalue weighted by atomic mass is 10.0. The van der Waals surface area contributed by atoms with Crippen molar-refractivity contribution in [3.8, 4) is 5.75 Å². The van der Waals surface area contributed by atoms with Gasteiger partial charge >= 0.3 is 5.97 Å². The van der Waals surface area contributed by atoms with Crippen LogP contribution < -0.4 is 14.4 Å². The fourth-order valence-electron chi connectivity index (χ4n) is 3.48. The van der Waals surface area contributed by atoms with E-state index in [4.69, 9.17) is 4.74 Å². The SMILES string of the molecule is CC(=O)Oc1ccccc1C(=O)Nc1ccc2c(c1)N(S(=O)(=O)c1cccs1)CCC2. The lowest BCUT2D eigenvalue weighted by molar-refractivity contribution is -0.131. The number of anilines is 2. The van der Waals surface area contributed by atoms with Crippen molar-refractivity contribution in [2.45, 2.75) is 24.0 Å². The summed E-state index contributed by atoms with van der Waals surface area (Å²) in [6.07, 6.45) is 1.48. The maximum absolute atomic E-state index is 13.1. The van der Waals surface area contributed by atoms with Gasteiger partial charge in [-0.05, 0) is 54.1 Å². The molecule has 0 radical (unpaired) electrons. The number of esters is 1. The monoisotopic (exact) mass is 456 g/mol. The third-order valence-electron chi connectivity index (χ3n) is 4.84. The number of hydrogen-bond acceptors (Lipinski definition) is 6. The topological polar surface area (TPSA) is 92.8 Å². The molecule has 31 heavy (non-hydrogen) atoms. The van der Waals surface area contributed by atoms with Gasteiger partial charge in [-0.3, -0.25) is 13.9 Å². The molecule has 0 saturated carbocycles. The highest BCUT2D eigenvalue weighted by atomic mass is 32.2. The standard InChI is InChI=1S/C22H20N2O5S2/c1-15(25)29-20-8-3-2-7-18(20)22(26)23-17-11-10-16-6-4-12-24(19(16)14-17)31(27,28)21-9-5-13-30-21/h2-3,5,7-11,13-14H,4,6,12H2,1H3,(H,23,26). The number of para-hydroxylation sites is 1. The molecule has 0 fully saturated rings. The molecule has 1 amide bonds. The van der Waals surface area contributed by atoms with Crippen molar-refractivity contribution >= 4 is 44.6 Å². The maximum atomic E-state index is 13.1. The number of nitrogens with one attached hydrogen (secondary N) is 1. The van der Waals surface area contributed by atoms with Gasteiger partial charge in [0.1, 0.15) is 9.96 Å². The largest absolute Gasteiger partial charge is 0.426 e. The van der Waals surface area contributed by atoms with Crippen LogP contribution in [0.2, 0.25) is 0 Å². The first-order valence-electron chi connectivity index (χ1n) is 9.64. The van der Waals surface area contributed by atoms with E-state index in [1.54, 1.807) is 53.9 Å². The molecule has 0 saturated heterocycles. The van der Waals surface area contributed by atoms with E-state index in [1.165, 1.54) is 22.6 Å². The molecular formula is C22H20N2O5S2. The predicted molar refractivity (Wildman–Crippen MR) is 119 cm³/mol. The molecule has 2 aromatic carbocycles. The summed E-state index contributed by atoms with van der Waals surface area (Å²) in [5, 5.41) is 4.51. The molecule has 0 spiro atoms. The van der Waals surface area contributed by atoms with Crippen molar-refractivity contribution in [2.75, 3.05) is 16.2 Å². The Hall–Kier alpha value is -3.17. The summed E-state index contributed by atoms with van der Waals surface area (Å²) in [5.74, 6) is -0.823. The van der Waals surface area contributed by atoms with Crippen LogP contribution in [0.1, 0.15) is 29.3 Å². The number of thiophene rings is 1. The van der Waals surface area contributed by atoms with Gasteiger partial charge < -0.3 is 10.1 Å². The van der Waals surface area contributed by atoms with E-state index in [0.29, 0.717) is 17.9 Å².